The van der Waals surface area contributed by atoms with Crippen LogP contribution in [0, 0.1) is 12.3 Å². The van der Waals surface area contributed by atoms with E-state index in [4.69, 9.17) is 4.74 Å². The Morgan fingerprint density at radius 2 is 2.11 bits per heavy atom. The Morgan fingerprint density at radius 1 is 1.33 bits per heavy atom. The Bertz CT molecular complexity index is 396. The number of benzene rings is 1. The molecule has 100 valence electrons. The Kier molecular flexibility index (Phi) is 4.28. The fourth-order valence-corrected chi connectivity index (χ4v) is 3.04. The minimum Gasteiger partial charge on any atom is -0.494 e. The fourth-order valence-electron chi connectivity index (χ4n) is 3.04. The molecule has 1 aromatic carbocycles. The molecule has 1 fully saturated rings. The second-order valence-corrected chi connectivity index (χ2v) is 5.59. The number of aryl methyl sites for hydroxylation is 1. The van der Waals surface area contributed by atoms with Crippen molar-refractivity contribution in [2.75, 3.05) is 20.2 Å². The maximum absolute atomic E-state index is 5.60. The van der Waals surface area contributed by atoms with E-state index in [9.17, 15) is 0 Å². The minimum atomic E-state index is 0.508. The van der Waals surface area contributed by atoms with Gasteiger partial charge in [-0.2, -0.15) is 0 Å². The van der Waals surface area contributed by atoms with Gasteiger partial charge in [-0.05, 0) is 62.8 Å². The van der Waals surface area contributed by atoms with Crippen LogP contribution in [-0.4, -0.2) is 20.2 Å². The van der Waals surface area contributed by atoms with Gasteiger partial charge in [0.2, 0.25) is 0 Å². The third kappa shape index (κ3) is 2.86. The summed E-state index contributed by atoms with van der Waals surface area (Å²) in [5.41, 5.74) is 3.22. The van der Waals surface area contributed by atoms with Crippen LogP contribution in [0.25, 0.3) is 0 Å². The van der Waals surface area contributed by atoms with Gasteiger partial charge in [0.1, 0.15) is 5.75 Å². The smallest absolute Gasteiger partial charge is 0.122 e. The van der Waals surface area contributed by atoms with E-state index in [2.05, 4.69) is 37.5 Å². The quantitative estimate of drug-likeness (QED) is 0.832. The van der Waals surface area contributed by atoms with Gasteiger partial charge in [-0.25, -0.2) is 0 Å². The molecular weight excluding hydrogens is 222 g/mol. The van der Waals surface area contributed by atoms with Gasteiger partial charge in [0.15, 0.2) is 0 Å². The molecule has 0 amide bonds. The van der Waals surface area contributed by atoms with Crippen LogP contribution in [0.3, 0.4) is 0 Å². The average Bonchev–Trinajstić information content (AvgIpc) is 2.30. The van der Waals surface area contributed by atoms with Gasteiger partial charge < -0.3 is 10.1 Å². The van der Waals surface area contributed by atoms with Gasteiger partial charge in [-0.3, -0.25) is 0 Å². The van der Waals surface area contributed by atoms with Crippen LogP contribution in [0.15, 0.2) is 18.2 Å². The lowest BCUT2D eigenvalue weighted by atomic mass is 9.65. The van der Waals surface area contributed by atoms with Gasteiger partial charge in [-0.15, -0.1) is 0 Å². The third-order valence-electron chi connectivity index (χ3n) is 4.08. The molecule has 1 aliphatic carbocycles. The molecule has 1 aromatic rings. The molecule has 0 aromatic heterocycles. The molecule has 0 unspecified atom stereocenters. The molecule has 0 bridgehead atoms. The van der Waals surface area contributed by atoms with E-state index in [1.54, 1.807) is 0 Å². The predicted octanol–water partition coefficient (Wildman–Crippen LogP) is 3.33. The van der Waals surface area contributed by atoms with E-state index in [0.717, 1.165) is 18.9 Å². The average molecular weight is 247 g/mol. The minimum absolute atomic E-state index is 0.508. The van der Waals surface area contributed by atoms with Gasteiger partial charge in [0, 0.05) is 6.54 Å². The molecule has 0 radical (unpaired) electrons. The molecule has 2 rings (SSSR count). The number of ether oxygens (including phenoxy) is 1. The van der Waals surface area contributed by atoms with Crippen LogP contribution in [0.4, 0.5) is 0 Å². The van der Waals surface area contributed by atoms with Crippen LogP contribution < -0.4 is 10.1 Å². The molecule has 0 spiro atoms. The number of hydrogen-bond acceptors (Lipinski definition) is 2. The van der Waals surface area contributed by atoms with Crippen molar-refractivity contribution in [1.29, 1.82) is 0 Å². The Balaban J connectivity index is 2.07. The van der Waals surface area contributed by atoms with Crippen LogP contribution in [0.1, 0.15) is 37.3 Å². The number of hydrogen-bond donors (Lipinski definition) is 1. The molecule has 0 heterocycles. The Hall–Kier alpha value is -1.02. The Morgan fingerprint density at radius 3 is 2.61 bits per heavy atom. The SMILES string of the molecule is CCOc1ccc(CC2(CNC)CCC2)cc1C. The topological polar surface area (TPSA) is 21.3 Å². The van der Waals surface area contributed by atoms with Crippen molar-refractivity contribution in [2.45, 2.75) is 39.5 Å². The summed E-state index contributed by atoms with van der Waals surface area (Å²) >= 11 is 0. The summed E-state index contributed by atoms with van der Waals surface area (Å²) in [7, 11) is 2.06. The van der Waals surface area contributed by atoms with E-state index < -0.39 is 0 Å². The molecular formula is C16H25NO. The zero-order valence-corrected chi connectivity index (χ0v) is 11.9. The maximum atomic E-state index is 5.60. The monoisotopic (exact) mass is 247 g/mol. The summed E-state index contributed by atoms with van der Waals surface area (Å²) in [5, 5.41) is 3.35. The van der Waals surface area contributed by atoms with Crippen LogP contribution in [0.2, 0.25) is 0 Å². The van der Waals surface area contributed by atoms with Gasteiger partial charge in [0.05, 0.1) is 6.61 Å². The van der Waals surface area contributed by atoms with Gasteiger partial charge in [0.25, 0.3) is 0 Å². The molecule has 0 aliphatic heterocycles. The zero-order chi connectivity index (χ0) is 13.0. The first-order valence-corrected chi connectivity index (χ1v) is 7.06. The van der Waals surface area contributed by atoms with Crippen molar-refractivity contribution in [3.8, 4) is 5.75 Å². The highest BCUT2D eigenvalue weighted by Gasteiger charge is 2.36. The van der Waals surface area contributed by atoms with E-state index in [-0.39, 0.29) is 0 Å². The first-order valence-electron chi connectivity index (χ1n) is 7.06. The van der Waals surface area contributed by atoms with Crippen molar-refractivity contribution >= 4 is 0 Å². The molecule has 0 atom stereocenters. The molecule has 1 saturated carbocycles. The molecule has 18 heavy (non-hydrogen) atoms. The molecule has 1 aliphatic rings. The van der Waals surface area contributed by atoms with Crippen molar-refractivity contribution in [3.63, 3.8) is 0 Å². The first-order chi connectivity index (χ1) is 8.69. The van der Waals surface area contributed by atoms with Crippen molar-refractivity contribution in [2.24, 2.45) is 5.41 Å². The van der Waals surface area contributed by atoms with Gasteiger partial charge >= 0.3 is 0 Å². The van der Waals surface area contributed by atoms with Crippen molar-refractivity contribution < 1.29 is 4.74 Å². The van der Waals surface area contributed by atoms with E-state index in [0.29, 0.717) is 5.41 Å². The van der Waals surface area contributed by atoms with E-state index >= 15 is 0 Å². The second-order valence-electron chi connectivity index (χ2n) is 5.59. The van der Waals surface area contributed by atoms with Crippen molar-refractivity contribution in [3.05, 3.63) is 29.3 Å². The summed E-state index contributed by atoms with van der Waals surface area (Å²) in [4.78, 5) is 0. The van der Waals surface area contributed by atoms with Crippen LogP contribution in [-0.2, 0) is 6.42 Å². The predicted molar refractivity (Wildman–Crippen MR) is 76.3 cm³/mol. The number of rotatable bonds is 6. The first kappa shape index (κ1) is 13.4. The molecule has 0 saturated heterocycles. The van der Waals surface area contributed by atoms with Crippen molar-refractivity contribution in [1.82, 2.24) is 5.32 Å². The normalized spacial score (nSPS) is 17.3. The summed E-state index contributed by atoms with van der Waals surface area (Å²) < 4.78 is 5.60. The second kappa shape index (κ2) is 5.75. The van der Waals surface area contributed by atoms with Crippen LogP contribution in [0.5, 0.6) is 5.75 Å². The molecule has 2 heteroatoms. The highest BCUT2D eigenvalue weighted by atomic mass is 16.5. The zero-order valence-electron chi connectivity index (χ0n) is 11.9. The largest absolute Gasteiger partial charge is 0.494 e. The summed E-state index contributed by atoms with van der Waals surface area (Å²) in [6.45, 7) is 6.05. The highest BCUT2D eigenvalue weighted by Crippen LogP contribution is 2.43. The number of nitrogens with one attached hydrogen (secondary N) is 1. The van der Waals surface area contributed by atoms with E-state index in [1.165, 1.54) is 36.8 Å². The van der Waals surface area contributed by atoms with Gasteiger partial charge in [-0.1, -0.05) is 18.6 Å². The third-order valence-corrected chi connectivity index (χ3v) is 4.08. The maximum Gasteiger partial charge on any atom is 0.122 e. The molecule has 2 nitrogen and oxygen atoms in total. The van der Waals surface area contributed by atoms with E-state index in [1.807, 2.05) is 6.92 Å². The summed E-state index contributed by atoms with van der Waals surface area (Å²) in [5.74, 6) is 1.03. The highest BCUT2D eigenvalue weighted by molar-refractivity contribution is 5.36. The lowest BCUT2D eigenvalue weighted by Crippen LogP contribution is -2.40. The molecule has 1 N–H and O–H groups in total. The Labute approximate surface area is 111 Å². The standard InChI is InChI=1S/C16H25NO/c1-4-18-15-7-6-14(10-13(15)2)11-16(12-17-3)8-5-9-16/h6-7,10,17H,4-5,8-9,11-12H2,1-3H3. The lowest BCUT2D eigenvalue weighted by molar-refractivity contribution is 0.133. The summed E-state index contributed by atoms with van der Waals surface area (Å²) in [6.07, 6.45) is 5.30. The fraction of sp³-hybridized carbons (Fsp3) is 0.625. The van der Waals surface area contributed by atoms with Crippen LogP contribution >= 0.6 is 0 Å². The lowest BCUT2D eigenvalue weighted by Gasteiger charge is -2.42. The summed E-state index contributed by atoms with van der Waals surface area (Å²) in [6, 6.07) is 6.65.